The van der Waals surface area contributed by atoms with Crippen molar-refractivity contribution in [1.29, 1.82) is 0 Å². The molecule has 5 heteroatoms. The first-order chi connectivity index (χ1) is 8.50. The number of nitrogens with one attached hydrogen (secondary N) is 1. The van der Waals surface area contributed by atoms with Gasteiger partial charge in [-0.25, -0.2) is 0 Å². The fourth-order valence-electron chi connectivity index (χ4n) is 1.41. The molecule has 2 atom stereocenters. The SMILES string of the molecule is CC(C)COCC(NC(=O)C(C)N)c1ccco1. The number of hydrogen-bond donors (Lipinski definition) is 2. The van der Waals surface area contributed by atoms with E-state index in [0.29, 0.717) is 24.9 Å². The van der Waals surface area contributed by atoms with Crippen LogP contribution in [0.15, 0.2) is 22.8 Å². The molecule has 0 radical (unpaired) electrons. The molecule has 102 valence electrons. The van der Waals surface area contributed by atoms with Gasteiger partial charge in [0.1, 0.15) is 11.8 Å². The van der Waals surface area contributed by atoms with Crippen molar-refractivity contribution in [2.75, 3.05) is 13.2 Å². The second kappa shape index (κ2) is 7.18. The Morgan fingerprint density at radius 2 is 2.17 bits per heavy atom. The zero-order valence-corrected chi connectivity index (χ0v) is 11.2. The van der Waals surface area contributed by atoms with Gasteiger partial charge < -0.3 is 20.2 Å². The van der Waals surface area contributed by atoms with E-state index in [4.69, 9.17) is 14.9 Å². The lowest BCUT2D eigenvalue weighted by atomic mass is 10.2. The molecule has 0 aliphatic carbocycles. The maximum atomic E-state index is 11.6. The van der Waals surface area contributed by atoms with Gasteiger partial charge in [0.15, 0.2) is 0 Å². The van der Waals surface area contributed by atoms with E-state index in [1.807, 2.05) is 6.07 Å². The van der Waals surface area contributed by atoms with Crippen molar-refractivity contribution in [2.45, 2.75) is 32.9 Å². The van der Waals surface area contributed by atoms with Crippen LogP contribution in [0.2, 0.25) is 0 Å². The fourth-order valence-corrected chi connectivity index (χ4v) is 1.41. The number of furan rings is 1. The molecule has 0 fully saturated rings. The van der Waals surface area contributed by atoms with Crippen molar-refractivity contribution >= 4 is 5.91 Å². The third-order valence-electron chi connectivity index (χ3n) is 2.35. The minimum Gasteiger partial charge on any atom is -0.467 e. The highest BCUT2D eigenvalue weighted by atomic mass is 16.5. The first-order valence-corrected chi connectivity index (χ1v) is 6.17. The summed E-state index contributed by atoms with van der Waals surface area (Å²) in [7, 11) is 0. The molecule has 1 rings (SSSR count). The Balaban J connectivity index is 2.56. The third kappa shape index (κ3) is 4.89. The quantitative estimate of drug-likeness (QED) is 0.772. The number of hydrogen-bond acceptors (Lipinski definition) is 4. The van der Waals surface area contributed by atoms with E-state index in [1.54, 1.807) is 19.3 Å². The molecule has 1 aromatic heterocycles. The normalized spacial score (nSPS) is 14.5. The Kier molecular flexibility index (Phi) is 5.88. The molecule has 2 unspecified atom stereocenters. The zero-order chi connectivity index (χ0) is 13.5. The van der Waals surface area contributed by atoms with Crippen molar-refractivity contribution in [3.63, 3.8) is 0 Å². The lowest BCUT2D eigenvalue weighted by molar-refractivity contribution is -0.123. The monoisotopic (exact) mass is 254 g/mol. The van der Waals surface area contributed by atoms with E-state index in [2.05, 4.69) is 19.2 Å². The first kappa shape index (κ1) is 14.7. The van der Waals surface area contributed by atoms with Gasteiger partial charge in [-0.05, 0) is 25.0 Å². The van der Waals surface area contributed by atoms with E-state index in [-0.39, 0.29) is 11.9 Å². The fraction of sp³-hybridized carbons (Fsp3) is 0.615. The summed E-state index contributed by atoms with van der Waals surface area (Å²) in [5.41, 5.74) is 5.53. The zero-order valence-electron chi connectivity index (χ0n) is 11.2. The summed E-state index contributed by atoms with van der Waals surface area (Å²) in [5, 5.41) is 2.81. The standard InChI is InChI=1S/C13H22N2O3/c1-9(2)7-17-8-11(12-5-4-6-18-12)15-13(16)10(3)14/h4-6,9-11H,7-8,14H2,1-3H3,(H,15,16). The molecule has 3 N–H and O–H groups in total. The predicted octanol–water partition coefficient (Wildman–Crippen LogP) is 1.46. The molecule has 0 saturated heterocycles. The van der Waals surface area contributed by atoms with Gasteiger partial charge in [-0.3, -0.25) is 4.79 Å². The first-order valence-electron chi connectivity index (χ1n) is 6.17. The summed E-state index contributed by atoms with van der Waals surface area (Å²) in [4.78, 5) is 11.6. The van der Waals surface area contributed by atoms with Crippen molar-refractivity contribution < 1.29 is 13.9 Å². The van der Waals surface area contributed by atoms with Gasteiger partial charge in [-0.1, -0.05) is 13.8 Å². The number of carbonyl (C=O) groups is 1. The molecule has 0 spiro atoms. The third-order valence-corrected chi connectivity index (χ3v) is 2.35. The maximum absolute atomic E-state index is 11.6. The molecular formula is C13H22N2O3. The van der Waals surface area contributed by atoms with E-state index >= 15 is 0 Å². The second-order valence-corrected chi connectivity index (χ2v) is 4.80. The summed E-state index contributed by atoms with van der Waals surface area (Å²) in [6, 6.07) is 2.75. The average Bonchev–Trinajstić information content (AvgIpc) is 2.80. The number of amides is 1. The molecule has 0 aliphatic rings. The Labute approximate surface area is 108 Å². The Hall–Kier alpha value is -1.33. The Bertz CT molecular complexity index is 347. The van der Waals surface area contributed by atoms with Crippen LogP contribution in [0.4, 0.5) is 0 Å². The molecule has 0 aromatic carbocycles. The number of ether oxygens (including phenoxy) is 1. The summed E-state index contributed by atoms with van der Waals surface area (Å²) in [5.74, 6) is 0.906. The smallest absolute Gasteiger partial charge is 0.237 e. The van der Waals surface area contributed by atoms with Crippen LogP contribution in [0, 0.1) is 5.92 Å². The molecule has 1 amide bonds. The van der Waals surface area contributed by atoms with Crippen LogP contribution < -0.4 is 11.1 Å². The van der Waals surface area contributed by atoms with E-state index in [1.165, 1.54) is 0 Å². The van der Waals surface area contributed by atoms with Crippen molar-refractivity contribution in [3.05, 3.63) is 24.2 Å². The number of nitrogens with two attached hydrogens (primary N) is 1. The lowest BCUT2D eigenvalue weighted by Gasteiger charge is -2.18. The molecule has 0 bridgehead atoms. The highest BCUT2D eigenvalue weighted by Gasteiger charge is 2.19. The van der Waals surface area contributed by atoms with Gasteiger partial charge in [0, 0.05) is 6.61 Å². The van der Waals surface area contributed by atoms with Crippen LogP contribution in [0.25, 0.3) is 0 Å². The molecule has 0 aliphatic heterocycles. The highest BCUT2D eigenvalue weighted by molar-refractivity contribution is 5.81. The van der Waals surface area contributed by atoms with Crippen LogP contribution in [-0.4, -0.2) is 25.2 Å². The molecule has 1 aromatic rings. The average molecular weight is 254 g/mol. The minimum absolute atomic E-state index is 0.218. The predicted molar refractivity (Wildman–Crippen MR) is 68.9 cm³/mol. The minimum atomic E-state index is -0.549. The van der Waals surface area contributed by atoms with Crippen LogP contribution in [0.1, 0.15) is 32.6 Å². The van der Waals surface area contributed by atoms with Crippen LogP contribution in [-0.2, 0) is 9.53 Å². The van der Waals surface area contributed by atoms with Gasteiger partial charge in [0.25, 0.3) is 0 Å². The Morgan fingerprint density at radius 1 is 1.44 bits per heavy atom. The van der Waals surface area contributed by atoms with Crippen molar-refractivity contribution in [1.82, 2.24) is 5.32 Å². The summed E-state index contributed by atoms with van der Waals surface area (Å²) < 4.78 is 10.8. The van der Waals surface area contributed by atoms with E-state index < -0.39 is 6.04 Å². The number of carbonyl (C=O) groups excluding carboxylic acids is 1. The maximum Gasteiger partial charge on any atom is 0.237 e. The summed E-state index contributed by atoms with van der Waals surface area (Å²) in [6.45, 7) is 6.81. The van der Waals surface area contributed by atoms with Crippen molar-refractivity contribution in [3.8, 4) is 0 Å². The largest absolute Gasteiger partial charge is 0.467 e. The lowest BCUT2D eigenvalue weighted by Crippen LogP contribution is -2.41. The van der Waals surface area contributed by atoms with E-state index in [0.717, 1.165) is 0 Å². The van der Waals surface area contributed by atoms with Gasteiger partial charge >= 0.3 is 0 Å². The Morgan fingerprint density at radius 3 is 2.67 bits per heavy atom. The highest BCUT2D eigenvalue weighted by Crippen LogP contribution is 2.14. The van der Waals surface area contributed by atoms with E-state index in [9.17, 15) is 4.79 Å². The topological polar surface area (TPSA) is 77.5 Å². The van der Waals surface area contributed by atoms with Crippen LogP contribution >= 0.6 is 0 Å². The van der Waals surface area contributed by atoms with Crippen molar-refractivity contribution in [2.24, 2.45) is 11.7 Å². The molecule has 5 nitrogen and oxygen atoms in total. The van der Waals surface area contributed by atoms with Crippen LogP contribution in [0.5, 0.6) is 0 Å². The molecule has 0 saturated carbocycles. The summed E-state index contributed by atoms with van der Waals surface area (Å²) in [6.07, 6.45) is 1.57. The van der Waals surface area contributed by atoms with Gasteiger partial charge in [-0.2, -0.15) is 0 Å². The van der Waals surface area contributed by atoms with Gasteiger partial charge in [0.05, 0.1) is 18.9 Å². The van der Waals surface area contributed by atoms with Gasteiger partial charge in [0.2, 0.25) is 5.91 Å². The number of rotatable bonds is 7. The molecule has 18 heavy (non-hydrogen) atoms. The second-order valence-electron chi connectivity index (χ2n) is 4.80. The summed E-state index contributed by atoms with van der Waals surface area (Å²) >= 11 is 0. The van der Waals surface area contributed by atoms with Crippen LogP contribution in [0.3, 0.4) is 0 Å². The van der Waals surface area contributed by atoms with Gasteiger partial charge in [-0.15, -0.1) is 0 Å². The molecule has 1 heterocycles. The molecular weight excluding hydrogens is 232 g/mol.